The summed E-state index contributed by atoms with van der Waals surface area (Å²) in [6.07, 6.45) is -0.745. The SMILES string of the molecule is CC(O)Cn1c(-c2ccc(Br)cc2F)nnc1-c1ccc(Br)cc1F. The van der Waals surface area contributed by atoms with Crippen LogP contribution in [0.15, 0.2) is 45.3 Å². The van der Waals surface area contributed by atoms with Gasteiger partial charge in [-0.1, -0.05) is 31.9 Å². The number of aliphatic hydroxyl groups is 1. The lowest BCUT2D eigenvalue weighted by atomic mass is 10.1. The first-order chi connectivity index (χ1) is 11.9. The fourth-order valence-corrected chi connectivity index (χ4v) is 3.15. The monoisotopic (exact) mass is 471 g/mol. The molecule has 1 N–H and O–H groups in total. The Morgan fingerprint density at radius 3 is 1.76 bits per heavy atom. The quantitative estimate of drug-likeness (QED) is 0.593. The van der Waals surface area contributed by atoms with Crippen LogP contribution in [0.3, 0.4) is 0 Å². The van der Waals surface area contributed by atoms with Crippen molar-refractivity contribution in [3.8, 4) is 22.8 Å². The summed E-state index contributed by atoms with van der Waals surface area (Å²) >= 11 is 6.42. The van der Waals surface area contributed by atoms with E-state index < -0.39 is 17.7 Å². The van der Waals surface area contributed by atoms with Crippen molar-refractivity contribution >= 4 is 31.9 Å². The summed E-state index contributed by atoms with van der Waals surface area (Å²) in [7, 11) is 0. The number of hydrogen-bond acceptors (Lipinski definition) is 3. The molecule has 2 aromatic carbocycles. The Morgan fingerprint density at radius 2 is 1.40 bits per heavy atom. The van der Waals surface area contributed by atoms with Crippen LogP contribution < -0.4 is 0 Å². The molecule has 0 spiro atoms. The maximum absolute atomic E-state index is 14.3. The Bertz CT molecular complexity index is 859. The van der Waals surface area contributed by atoms with Gasteiger partial charge in [0.25, 0.3) is 0 Å². The molecule has 0 saturated carbocycles. The van der Waals surface area contributed by atoms with Crippen LogP contribution in [-0.4, -0.2) is 26.0 Å². The van der Waals surface area contributed by atoms with E-state index in [-0.39, 0.29) is 29.3 Å². The van der Waals surface area contributed by atoms with E-state index >= 15 is 0 Å². The Labute approximate surface area is 159 Å². The van der Waals surface area contributed by atoms with Gasteiger partial charge in [-0.3, -0.25) is 0 Å². The highest BCUT2D eigenvalue weighted by atomic mass is 79.9. The van der Waals surface area contributed by atoms with Crippen molar-refractivity contribution in [2.24, 2.45) is 0 Å². The first-order valence-corrected chi connectivity index (χ1v) is 8.97. The van der Waals surface area contributed by atoms with Gasteiger partial charge in [0.1, 0.15) is 11.6 Å². The number of hydrogen-bond donors (Lipinski definition) is 1. The zero-order valence-corrected chi connectivity index (χ0v) is 16.2. The Balaban J connectivity index is 2.19. The van der Waals surface area contributed by atoms with Crippen LogP contribution in [0.4, 0.5) is 8.78 Å². The maximum atomic E-state index is 14.3. The first-order valence-electron chi connectivity index (χ1n) is 7.39. The van der Waals surface area contributed by atoms with Gasteiger partial charge in [-0.25, -0.2) is 8.78 Å². The van der Waals surface area contributed by atoms with Gasteiger partial charge in [0, 0.05) is 8.95 Å². The molecule has 3 aromatic rings. The molecule has 0 amide bonds. The van der Waals surface area contributed by atoms with E-state index in [0.29, 0.717) is 8.95 Å². The van der Waals surface area contributed by atoms with Crippen LogP contribution in [0.25, 0.3) is 22.8 Å². The van der Waals surface area contributed by atoms with Crippen LogP contribution in [0.5, 0.6) is 0 Å². The number of nitrogens with zero attached hydrogens (tertiary/aromatic N) is 3. The van der Waals surface area contributed by atoms with Gasteiger partial charge in [0.15, 0.2) is 11.6 Å². The van der Waals surface area contributed by atoms with Gasteiger partial charge in [0.05, 0.1) is 23.8 Å². The van der Waals surface area contributed by atoms with Crippen molar-refractivity contribution in [3.63, 3.8) is 0 Å². The molecule has 0 saturated heterocycles. The van der Waals surface area contributed by atoms with Gasteiger partial charge >= 0.3 is 0 Å². The molecule has 1 aromatic heterocycles. The van der Waals surface area contributed by atoms with Crippen molar-refractivity contribution in [1.29, 1.82) is 0 Å². The molecule has 0 aliphatic rings. The molecular weight excluding hydrogens is 460 g/mol. The van der Waals surface area contributed by atoms with E-state index in [1.807, 2.05) is 0 Å². The average Bonchev–Trinajstić information content (AvgIpc) is 2.90. The largest absolute Gasteiger partial charge is 0.392 e. The topological polar surface area (TPSA) is 50.9 Å². The van der Waals surface area contributed by atoms with E-state index in [2.05, 4.69) is 42.1 Å². The second-order valence-electron chi connectivity index (χ2n) is 5.56. The number of aromatic nitrogens is 3. The van der Waals surface area contributed by atoms with Crippen LogP contribution in [0.2, 0.25) is 0 Å². The Kier molecular flexibility index (Phi) is 5.31. The fourth-order valence-electron chi connectivity index (χ4n) is 2.48. The summed E-state index contributed by atoms with van der Waals surface area (Å²) in [5.74, 6) is -0.528. The number of benzene rings is 2. The highest BCUT2D eigenvalue weighted by Gasteiger charge is 2.21. The molecule has 0 aliphatic carbocycles. The van der Waals surface area contributed by atoms with E-state index in [9.17, 15) is 13.9 Å². The Hall–Kier alpha value is -1.64. The third-order valence-corrected chi connectivity index (χ3v) is 4.53. The second-order valence-corrected chi connectivity index (χ2v) is 7.39. The minimum Gasteiger partial charge on any atom is -0.392 e. The van der Waals surface area contributed by atoms with Crippen LogP contribution in [0, 0.1) is 11.6 Å². The lowest BCUT2D eigenvalue weighted by Gasteiger charge is -2.13. The summed E-state index contributed by atoms with van der Waals surface area (Å²) in [6, 6.07) is 9.11. The molecule has 1 atom stereocenters. The van der Waals surface area contributed by atoms with Gasteiger partial charge in [0.2, 0.25) is 0 Å². The zero-order chi connectivity index (χ0) is 18.1. The molecule has 0 bridgehead atoms. The van der Waals surface area contributed by atoms with Crippen LogP contribution >= 0.6 is 31.9 Å². The van der Waals surface area contributed by atoms with Crippen molar-refractivity contribution in [2.75, 3.05) is 0 Å². The molecule has 130 valence electrons. The van der Waals surface area contributed by atoms with E-state index in [0.717, 1.165) is 0 Å². The van der Waals surface area contributed by atoms with Gasteiger partial charge in [-0.05, 0) is 43.3 Å². The van der Waals surface area contributed by atoms with E-state index in [1.165, 1.54) is 16.7 Å². The maximum Gasteiger partial charge on any atom is 0.167 e. The summed E-state index contributed by atoms with van der Waals surface area (Å²) in [6.45, 7) is 1.69. The number of rotatable bonds is 4. The molecule has 0 fully saturated rings. The van der Waals surface area contributed by atoms with Crippen molar-refractivity contribution in [2.45, 2.75) is 19.6 Å². The average molecular weight is 473 g/mol. The smallest absolute Gasteiger partial charge is 0.167 e. The lowest BCUT2D eigenvalue weighted by molar-refractivity contribution is 0.174. The molecular formula is C17H13Br2F2N3O. The summed E-state index contributed by atoms with van der Waals surface area (Å²) in [5, 5.41) is 17.9. The normalized spacial score (nSPS) is 12.4. The minimum atomic E-state index is -0.745. The van der Waals surface area contributed by atoms with E-state index in [1.54, 1.807) is 31.2 Å². The number of halogens is 4. The van der Waals surface area contributed by atoms with Crippen molar-refractivity contribution in [1.82, 2.24) is 14.8 Å². The Morgan fingerprint density at radius 1 is 0.960 bits per heavy atom. The van der Waals surface area contributed by atoms with Crippen LogP contribution in [0.1, 0.15) is 6.92 Å². The van der Waals surface area contributed by atoms with Crippen molar-refractivity contribution < 1.29 is 13.9 Å². The summed E-state index contributed by atoms with van der Waals surface area (Å²) in [5.41, 5.74) is 0.445. The minimum absolute atomic E-state index is 0.0999. The molecule has 25 heavy (non-hydrogen) atoms. The van der Waals surface area contributed by atoms with Crippen LogP contribution in [-0.2, 0) is 6.54 Å². The highest BCUT2D eigenvalue weighted by molar-refractivity contribution is 9.10. The lowest BCUT2D eigenvalue weighted by Crippen LogP contribution is -2.14. The molecule has 0 radical (unpaired) electrons. The highest BCUT2D eigenvalue weighted by Crippen LogP contribution is 2.30. The number of aliphatic hydroxyl groups excluding tert-OH is 1. The molecule has 0 aliphatic heterocycles. The first kappa shape index (κ1) is 18.2. The molecule has 1 unspecified atom stereocenters. The van der Waals surface area contributed by atoms with Gasteiger partial charge in [-0.2, -0.15) is 0 Å². The molecule has 8 heteroatoms. The molecule has 3 rings (SSSR count). The van der Waals surface area contributed by atoms with Gasteiger partial charge < -0.3 is 9.67 Å². The second kappa shape index (κ2) is 7.31. The summed E-state index contributed by atoms with van der Waals surface area (Å²) < 4.78 is 31.4. The third-order valence-electron chi connectivity index (χ3n) is 3.54. The predicted octanol–water partition coefficient (Wildman–Crippen LogP) is 4.80. The molecule has 1 heterocycles. The third kappa shape index (κ3) is 3.80. The van der Waals surface area contributed by atoms with Gasteiger partial charge in [-0.15, -0.1) is 10.2 Å². The zero-order valence-electron chi connectivity index (χ0n) is 13.0. The fraction of sp³-hybridized carbons (Fsp3) is 0.176. The standard InChI is InChI=1S/C17H13Br2F2N3O/c1-9(25)8-24-16(12-4-2-10(18)6-14(12)20)22-23-17(24)13-5-3-11(19)7-15(13)21/h2-7,9,25H,8H2,1H3. The molecule has 4 nitrogen and oxygen atoms in total. The van der Waals surface area contributed by atoms with E-state index in [4.69, 9.17) is 0 Å². The van der Waals surface area contributed by atoms with Crippen molar-refractivity contribution in [3.05, 3.63) is 57.0 Å². The summed E-state index contributed by atoms with van der Waals surface area (Å²) in [4.78, 5) is 0. The predicted molar refractivity (Wildman–Crippen MR) is 97.9 cm³/mol.